The van der Waals surface area contributed by atoms with Crippen LogP contribution in [0.4, 0.5) is 4.39 Å². The van der Waals surface area contributed by atoms with Crippen molar-refractivity contribution in [2.45, 2.75) is 31.8 Å². The normalized spacial score (nSPS) is 14.1. The number of para-hydroxylation sites is 2. The summed E-state index contributed by atoms with van der Waals surface area (Å²) >= 11 is 0. The molecule has 1 unspecified atom stereocenters. The van der Waals surface area contributed by atoms with Crippen LogP contribution in [0.5, 0.6) is 5.75 Å². The lowest BCUT2D eigenvalue weighted by molar-refractivity contribution is -0.128. The molecule has 1 aliphatic rings. The largest absolute Gasteiger partial charge is 0.478 e. The molecule has 2 N–H and O–H groups in total. The number of hydrazine groups is 1. The van der Waals surface area contributed by atoms with Crippen LogP contribution in [0, 0.1) is 5.82 Å². The van der Waals surface area contributed by atoms with E-state index in [0.717, 1.165) is 18.5 Å². The Morgan fingerprint density at radius 3 is 2.50 bits per heavy atom. The zero-order valence-corrected chi connectivity index (χ0v) is 16.2. The number of benzene rings is 2. The highest BCUT2D eigenvalue weighted by atomic mass is 19.1. The number of halogens is 1. The highest BCUT2D eigenvalue weighted by molar-refractivity contribution is 5.95. The van der Waals surface area contributed by atoms with Crippen LogP contribution in [0.2, 0.25) is 0 Å². The minimum atomic E-state index is -1.02. The number of rotatable bonds is 6. The summed E-state index contributed by atoms with van der Waals surface area (Å²) in [7, 11) is 0. The van der Waals surface area contributed by atoms with Gasteiger partial charge >= 0.3 is 0 Å². The number of carbonyl (C=O) groups excluding carboxylic acids is 2. The first-order valence-corrected chi connectivity index (χ1v) is 9.57. The molecule has 0 bridgehead atoms. The molecule has 1 fully saturated rings. The van der Waals surface area contributed by atoms with Crippen LogP contribution in [0.3, 0.4) is 0 Å². The first kappa shape index (κ1) is 19.6. The van der Waals surface area contributed by atoms with Gasteiger partial charge in [0.25, 0.3) is 11.8 Å². The third-order valence-corrected chi connectivity index (χ3v) is 4.69. The Balaban J connectivity index is 1.42. The van der Waals surface area contributed by atoms with Crippen molar-refractivity contribution in [1.29, 1.82) is 0 Å². The van der Waals surface area contributed by atoms with Crippen LogP contribution in [-0.4, -0.2) is 32.9 Å². The summed E-state index contributed by atoms with van der Waals surface area (Å²) in [6.45, 7) is 1.45. The monoisotopic (exact) mass is 409 g/mol. The van der Waals surface area contributed by atoms with Crippen molar-refractivity contribution in [2.24, 2.45) is 0 Å². The Hall–Kier alpha value is -3.75. The quantitative estimate of drug-likeness (QED) is 0.610. The number of aromatic nitrogens is 3. The van der Waals surface area contributed by atoms with E-state index in [2.05, 4.69) is 21.2 Å². The molecule has 9 heteroatoms. The molecule has 1 heterocycles. The second-order valence-corrected chi connectivity index (χ2v) is 6.98. The second kappa shape index (κ2) is 8.32. The van der Waals surface area contributed by atoms with Gasteiger partial charge in [-0.15, -0.1) is 5.10 Å². The number of hydrogen-bond acceptors (Lipinski definition) is 5. The van der Waals surface area contributed by atoms with E-state index in [1.165, 1.54) is 25.1 Å². The van der Waals surface area contributed by atoms with Gasteiger partial charge in [-0.25, -0.2) is 9.07 Å². The molecule has 0 aliphatic heterocycles. The van der Waals surface area contributed by atoms with Crippen LogP contribution in [0.1, 0.15) is 41.9 Å². The smallest absolute Gasteiger partial charge is 0.292 e. The third-order valence-electron chi connectivity index (χ3n) is 4.69. The Bertz CT molecular complexity index is 1070. The first-order chi connectivity index (χ1) is 14.5. The van der Waals surface area contributed by atoms with Crippen molar-refractivity contribution in [3.8, 4) is 11.4 Å². The van der Waals surface area contributed by atoms with E-state index in [1.54, 1.807) is 10.7 Å². The summed E-state index contributed by atoms with van der Waals surface area (Å²) in [4.78, 5) is 24.9. The van der Waals surface area contributed by atoms with Gasteiger partial charge in [0.05, 0.1) is 11.4 Å². The number of nitrogens with zero attached hydrogens (tertiary/aromatic N) is 3. The molecule has 8 nitrogen and oxygen atoms in total. The van der Waals surface area contributed by atoms with E-state index in [0.29, 0.717) is 5.69 Å². The van der Waals surface area contributed by atoms with Gasteiger partial charge in [0.2, 0.25) is 0 Å². The van der Waals surface area contributed by atoms with E-state index in [1.807, 2.05) is 30.3 Å². The molecule has 1 aliphatic carbocycles. The van der Waals surface area contributed by atoms with Gasteiger partial charge in [0.1, 0.15) is 0 Å². The molecule has 0 radical (unpaired) electrons. The van der Waals surface area contributed by atoms with Crippen molar-refractivity contribution >= 4 is 11.8 Å². The van der Waals surface area contributed by atoms with Gasteiger partial charge in [-0.1, -0.05) is 35.5 Å². The highest BCUT2D eigenvalue weighted by Gasteiger charge is 2.34. The van der Waals surface area contributed by atoms with Crippen molar-refractivity contribution in [3.05, 3.63) is 71.8 Å². The predicted molar refractivity (Wildman–Crippen MR) is 105 cm³/mol. The minimum absolute atomic E-state index is 0.0479. The maximum Gasteiger partial charge on any atom is 0.292 e. The van der Waals surface area contributed by atoms with E-state index in [-0.39, 0.29) is 17.4 Å². The molecule has 2 amide bonds. The average molecular weight is 409 g/mol. The Kier molecular flexibility index (Phi) is 5.42. The van der Waals surface area contributed by atoms with E-state index in [9.17, 15) is 14.0 Å². The Morgan fingerprint density at radius 2 is 1.80 bits per heavy atom. The van der Waals surface area contributed by atoms with Crippen LogP contribution < -0.4 is 15.6 Å². The molecule has 1 saturated carbocycles. The summed E-state index contributed by atoms with van der Waals surface area (Å²) in [6.07, 6.45) is 0.867. The van der Waals surface area contributed by atoms with Crippen molar-refractivity contribution in [3.63, 3.8) is 0 Å². The van der Waals surface area contributed by atoms with Gasteiger partial charge in [-0.05, 0) is 44.0 Å². The average Bonchev–Trinajstić information content (AvgIpc) is 3.51. The highest BCUT2D eigenvalue weighted by Crippen LogP contribution is 2.41. The molecule has 4 rings (SSSR count). The van der Waals surface area contributed by atoms with E-state index in [4.69, 9.17) is 4.74 Å². The minimum Gasteiger partial charge on any atom is -0.478 e. The Labute approximate surface area is 172 Å². The van der Waals surface area contributed by atoms with Gasteiger partial charge < -0.3 is 4.74 Å². The number of hydrogen-bond donors (Lipinski definition) is 2. The van der Waals surface area contributed by atoms with Gasteiger partial charge in [-0.3, -0.25) is 20.4 Å². The van der Waals surface area contributed by atoms with Crippen LogP contribution in [0.25, 0.3) is 5.69 Å². The van der Waals surface area contributed by atoms with Crippen molar-refractivity contribution < 1.29 is 18.7 Å². The fourth-order valence-corrected chi connectivity index (χ4v) is 3.00. The molecular formula is C21H20FN5O3. The molecule has 3 aromatic rings. The summed E-state index contributed by atoms with van der Waals surface area (Å²) in [5.74, 6) is -1.64. The fourth-order valence-electron chi connectivity index (χ4n) is 3.00. The number of amides is 2. The maximum atomic E-state index is 13.7. The van der Waals surface area contributed by atoms with Crippen LogP contribution in [-0.2, 0) is 4.79 Å². The maximum absolute atomic E-state index is 13.7. The number of ether oxygens (including phenoxy) is 1. The topological polar surface area (TPSA) is 98.1 Å². The molecular weight excluding hydrogens is 389 g/mol. The zero-order chi connectivity index (χ0) is 21.1. The number of carbonyl (C=O) groups is 2. The zero-order valence-electron chi connectivity index (χ0n) is 16.2. The SMILES string of the molecule is CC(Oc1ccccc1F)C(=O)NNC(=O)c1nnn(-c2ccccc2)c1C1CC1. The van der Waals surface area contributed by atoms with Crippen LogP contribution in [0.15, 0.2) is 54.6 Å². The van der Waals surface area contributed by atoms with Gasteiger partial charge in [0, 0.05) is 5.92 Å². The summed E-state index contributed by atoms with van der Waals surface area (Å²) < 4.78 is 20.6. The van der Waals surface area contributed by atoms with Gasteiger partial charge in [0.15, 0.2) is 23.4 Å². The summed E-state index contributed by atoms with van der Waals surface area (Å²) in [6, 6.07) is 15.2. The van der Waals surface area contributed by atoms with E-state index >= 15 is 0 Å². The Morgan fingerprint density at radius 1 is 1.10 bits per heavy atom. The number of nitrogens with one attached hydrogen (secondary N) is 2. The molecule has 0 saturated heterocycles. The fraction of sp³-hybridized carbons (Fsp3) is 0.238. The van der Waals surface area contributed by atoms with Crippen molar-refractivity contribution in [1.82, 2.24) is 25.8 Å². The molecule has 0 spiro atoms. The molecule has 30 heavy (non-hydrogen) atoms. The van der Waals surface area contributed by atoms with Crippen molar-refractivity contribution in [2.75, 3.05) is 0 Å². The molecule has 1 aromatic heterocycles. The summed E-state index contributed by atoms with van der Waals surface area (Å²) in [5.41, 5.74) is 6.31. The van der Waals surface area contributed by atoms with Gasteiger partial charge in [-0.2, -0.15) is 0 Å². The molecule has 2 aromatic carbocycles. The first-order valence-electron chi connectivity index (χ1n) is 9.57. The lowest BCUT2D eigenvalue weighted by atomic mass is 10.2. The third kappa shape index (κ3) is 4.14. The molecule has 1 atom stereocenters. The lowest BCUT2D eigenvalue weighted by Gasteiger charge is -2.15. The molecule has 154 valence electrons. The predicted octanol–water partition coefficient (Wildman–Crippen LogP) is 2.51. The lowest BCUT2D eigenvalue weighted by Crippen LogP contribution is -2.47. The standard InChI is InChI=1S/C21H20FN5O3/c1-13(30-17-10-6-5-9-16(17)22)20(28)24-25-21(29)18-19(14-11-12-14)27(26-23-18)15-7-3-2-4-8-15/h2-10,13-14H,11-12H2,1H3,(H,24,28)(H,25,29). The summed E-state index contributed by atoms with van der Waals surface area (Å²) in [5, 5.41) is 8.15. The second-order valence-electron chi connectivity index (χ2n) is 6.98. The van der Waals surface area contributed by atoms with E-state index < -0.39 is 23.7 Å². The van der Waals surface area contributed by atoms with Crippen LogP contribution >= 0.6 is 0 Å².